The third kappa shape index (κ3) is 2.34. The van der Waals surface area contributed by atoms with E-state index in [1.807, 2.05) is 40.8 Å². The van der Waals surface area contributed by atoms with E-state index in [1.165, 1.54) is 0 Å². The Morgan fingerprint density at radius 3 is 3.16 bits per heavy atom. The van der Waals surface area contributed by atoms with E-state index in [9.17, 15) is 4.79 Å². The van der Waals surface area contributed by atoms with E-state index in [4.69, 9.17) is 9.15 Å². The standard InChI is InChI=1S/C18H18N4O3/c1-11-2-3-15-12(6-11)7-17(25-15)18(23)21-5-4-16-14(9-21)22-13(10-24-16)8-19-20-22/h2-3,6-8,14,16H,4-5,9-10H2,1H3/t14-,16-/m1/s1. The zero-order valence-electron chi connectivity index (χ0n) is 13.9. The summed E-state index contributed by atoms with van der Waals surface area (Å²) in [5.74, 6) is 0.300. The van der Waals surface area contributed by atoms with Crippen molar-refractivity contribution in [3.63, 3.8) is 0 Å². The molecule has 2 aliphatic heterocycles. The van der Waals surface area contributed by atoms with Crippen LogP contribution in [0.5, 0.6) is 0 Å². The minimum Gasteiger partial charge on any atom is -0.451 e. The highest BCUT2D eigenvalue weighted by atomic mass is 16.5. The number of aromatic nitrogens is 3. The average molecular weight is 338 g/mol. The molecule has 128 valence electrons. The molecule has 5 rings (SSSR count). The lowest BCUT2D eigenvalue weighted by Gasteiger charge is -2.40. The summed E-state index contributed by atoms with van der Waals surface area (Å²) in [4.78, 5) is 14.8. The third-order valence-corrected chi connectivity index (χ3v) is 5.10. The number of hydrogen-bond donors (Lipinski definition) is 0. The second-order valence-corrected chi connectivity index (χ2v) is 6.78. The fourth-order valence-corrected chi connectivity index (χ4v) is 3.79. The van der Waals surface area contributed by atoms with Gasteiger partial charge in [-0.25, -0.2) is 4.68 Å². The number of piperidine rings is 1. The number of carbonyl (C=O) groups excluding carboxylic acids is 1. The van der Waals surface area contributed by atoms with Crippen LogP contribution in [0.25, 0.3) is 11.0 Å². The smallest absolute Gasteiger partial charge is 0.289 e. The van der Waals surface area contributed by atoms with E-state index in [1.54, 1.807) is 6.20 Å². The first kappa shape index (κ1) is 14.7. The number of rotatable bonds is 1. The van der Waals surface area contributed by atoms with Gasteiger partial charge in [-0.3, -0.25) is 4.79 Å². The molecule has 1 fully saturated rings. The maximum Gasteiger partial charge on any atom is 0.289 e. The van der Waals surface area contributed by atoms with Crippen molar-refractivity contribution in [2.75, 3.05) is 13.1 Å². The Morgan fingerprint density at radius 1 is 1.32 bits per heavy atom. The van der Waals surface area contributed by atoms with Crippen LogP contribution in [0.15, 0.2) is 34.9 Å². The van der Waals surface area contributed by atoms with E-state index >= 15 is 0 Å². The van der Waals surface area contributed by atoms with Crippen molar-refractivity contribution in [2.45, 2.75) is 32.1 Å². The number of benzene rings is 1. The van der Waals surface area contributed by atoms with Crippen LogP contribution in [0.3, 0.4) is 0 Å². The summed E-state index contributed by atoms with van der Waals surface area (Å²) in [7, 11) is 0. The van der Waals surface area contributed by atoms with Gasteiger partial charge in [-0.1, -0.05) is 16.8 Å². The third-order valence-electron chi connectivity index (χ3n) is 5.10. The monoisotopic (exact) mass is 338 g/mol. The number of carbonyl (C=O) groups is 1. The Bertz CT molecular complexity index is 960. The predicted molar refractivity (Wildman–Crippen MR) is 89.1 cm³/mol. The second-order valence-electron chi connectivity index (χ2n) is 6.78. The van der Waals surface area contributed by atoms with Crippen LogP contribution in [-0.2, 0) is 11.3 Å². The van der Waals surface area contributed by atoms with E-state index in [0.717, 1.165) is 28.6 Å². The van der Waals surface area contributed by atoms with Crippen LogP contribution >= 0.6 is 0 Å². The summed E-state index contributed by atoms with van der Waals surface area (Å²) in [6.07, 6.45) is 2.59. The summed E-state index contributed by atoms with van der Waals surface area (Å²) in [5, 5.41) is 9.10. The molecule has 2 atom stereocenters. The van der Waals surface area contributed by atoms with E-state index < -0.39 is 0 Å². The maximum atomic E-state index is 12.9. The molecule has 1 aromatic carbocycles. The Labute approximate surface area is 144 Å². The van der Waals surface area contributed by atoms with E-state index in [2.05, 4.69) is 10.3 Å². The molecule has 0 saturated carbocycles. The Balaban J connectivity index is 1.42. The highest BCUT2D eigenvalue weighted by molar-refractivity contribution is 5.96. The van der Waals surface area contributed by atoms with E-state index in [0.29, 0.717) is 25.5 Å². The topological polar surface area (TPSA) is 73.4 Å². The van der Waals surface area contributed by atoms with Crippen LogP contribution < -0.4 is 0 Å². The van der Waals surface area contributed by atoms with Gasteiger partial charge in [0.2, 0.25) is 0 Å². The van der Waals surface area contributed by atoms with Crippen molar-refractivity contribution in [2.24, 2.45) is 0 Å². The molecule has 0 N–H and O–H groups in total. The van der Waals surface area contributed by atoms with Gasteiger partial charge in [0.15, 0.2) is 5.76 Å². The number of aryl methyl sites for hydroxylation is 1. The zero-order valence-corrected chi connectivity index (χ0v) is 13.9. The lowest BCUT2D eigenvalue weighted by atomic mass is 10.00. The van der Waals surface area contributed by atoms with Gasteiger partial charge >= 0.3 is 0 Å². The molecule has 3 aromatic rings. The number of fused-ring (bicyclic) bond motifs is 4. The summed E-state index contributed by atoms with van der Waals surface area (Å²) in [5.41, 5.74) is 2.84. The minimum absolute atomic E-state index is 0.00979. The van der Waals surface area contributed by atoms with Gasteiger partial charge in [-0.05, 0) is 31.5 Å². The normalized spacial score (nSPS) is 22.7. The largest absolute Gasteiger partial charge is 0.451 e. The number of ether oxygens (including phenoxy) is 1. The van der Waals surface area contributed by atoms with Gasteiger partial charge in [0.25, 0.3) is 5.91 Å². The molecule has 1 saturated heterocycles. The lowest BCUT2D eigenvalue weighted by molar-refractivity contribution is -0.0608. The van der Waals surface area contributed by atoms with Crippen LogP contribution in [0.4, 0.5) is 0 Å². The van der Waals surface area contributed by atoms with Gasteiger partial charge in [0.1, 0.15) is 5.58 Å². The highest BCUT2D eigenvalue weighted by Gasteiger charge is 2.38. The molecule has 7 nitrogen and oxygen atoms in total. The first-order valence-electron chi connectivity index (χ1n) is 8.49. The molecule has 4 heterocycles. The number of furan rings is 1. The zero-order chi connectivity index (χ0) is 17.0. The van der Waals surface area contributed by atoms with Gasteiger partial charge in [-0.15, -0.1) is 5.10 Å². The van der Waals surface area contributed by atoms with Gasteiger partial charge in [0.05, 0.1) is 30.6 Å². The quantitative estimate of drug-likeness (QED) is 0.681. The second kappa shape index (κ2) is 5.42. The summed E-state index contributed by atoms with van der Waals surface area (Å²) >= 11 is 0. The van der Waals surface area contributed by atoms with Gasteiger partial charge in [-0.2, -0.15) is 0 Å². The maximum absolute atomic E-state index is 12.9. The van der Waals surface area contributed by atoms with Crippen molar-refractivity contribution < 1.29 is 13.9 Å². The summed E-state index contributed by atoms with van der Waals surface area (Å²) < 4.78 is 13.6. The molecule has 7 heteroatoms. The molecule has 2 aliphatic rings. The summed E-state index contributed by atoms with van der Waals surface area (Å²) in [6.45, 7) is 3.76. The van der Waals surface area contributed by atoms with Crippen LogP contribution in [0, 0.1) is 6.92 Å². The summed E-state index contributed by atoms with van der Waals surface area (Å²) in [6, 6.07) is 7.75. The van der Waals surface area contributed by atoms with Crippen molar-refractivity contribution in [3.8, 4) is 0 Å². The van der Waals surface area contributed by atoms with Crippen molar-refractivity contribution in [1.82, 2.24) is 19.9 Å². The average Bonchev–Trinajstić information content (AvgIpc) is 3.26. The molecule has 0 bridgehead atoms. The SMILES string of the molecule is Cc1ccc2oc(C(=O)N3CC[C@H]4OCc5cnnn5[C@@H]4C3)cc2c1. The number of amides is 1. The number of nitrogens with zero attached hydrogens (tertiary/aromatic N) is 4. The predicted octanol–water partition coefficient (Wildman–Crippen LogP) is 2.32. The first-order chi connectivity index (χ1) is 12.2. The van der Waals surface area contributed by atoms with Crippen molar-refractivity contribution in [3.05, 3.63) is 47.5 Å². The number of hydrogen-bond acceptors (Lipinski definition) is 5. The number of likely N-dealkylation sites (tertiary alicyclic amines) is 1. The Morgan fingerprint density at radius 2 is 2.24 bits per heavy atom. The molecule has 2 aromatic heterocycles. The van der Waals surface area contributed by atoms with Gasteiger partial charge < -0.3 is 14.1 Å². The van der Waals surface area contributed by atoms with Crippen LogP contribution in [0.1, 0.15) is 34.3 Å². The van der Waals surface area contributed by atoms with Crippen LogP contribution in [-0.4, -0.2) is 45.0 Å². The van der Waals surface area contributed by atoms with Crippen LogP contribution in [0.2, 0.25) is 0 Å². The minimum atomic E-state index is -0.0838. The first-order valence-corrected chi connectivity index (χ1v) is 8.49. The molecule has 0 unspecified atom stereocenters. The van der Waals surface area contributed by atoms with Crippen molar-refractivity contribution in [1.29, 1.82) is 0 Å². The van der Waals surface area contributed by atoms with E-state index in [-0.39, 0.29) is 18.1 Å². The molecular formula is C18H18N4O3. The fraction of sp³-hybridized carbons (Fsp3) is 0.389. The Kier molecular flexibility index (Phi) is 3.18. The molecule has 0 radical (unpaired) electrons. The Hall–Kier alpha value is -2.67. The molecular weight excluding hydrogens is 320 g/mol. The lowest BCUT2D eigenvalue weighted by Crippen LogP contribution is -2.49. The van der Waals surface area contributed by atoms with Crippen molar-refractivity contribution >= 4 is 16.9 Å². The van der Waals surface area contributed by atoms with Gasteiger partial charge in [0, 0.05) is 18.5 Å². The highest BCUT2D eigenvalue weighted by Crippen LogP contribution is 2.31. The molecule has 0 aliphatic carbocycles. The molecule has 25 heavy (non-hydrogen) atoms. The molecule has 1 amide bonds. The fourth-order valence-electron chi connectivity index (χ4n) is 3.79. The molecule has 0 spiro atoms.